The van der Waals surface area contributed by atoms with Crippen LogP contribution in [0.25, 0.3) is 0 Å². The Kier molecular flexibility index (Phi) is 3.63. The second-order valence-corrected chi connectivity index (χ2v) is 7.40. The van der Waals surface area contributed by atoms with Crippen LogP contribution in [0.1, 0.15) is 43.6 Å². The maximum Gasteiger partial charge on any atom is 0.326 e. The number of amides is 1. The minimum atomic E-state index is -0.817. The van der Waals surface area contributed by atoms with Gasteiger partial charge in [0.15, 0.2) is 0 Å². The van der Waals surface area contributed by atoms with Crippen LogP contribution in [0, 0.1) is 17.8 Å². The summed E-state index contributed by atoms with van der Waals surface area (Å²) in [6.45, 7) is 0.656. The van der Waals surface area contributed by atoms with Crippen LogP contribution in [0.5, 0.6) is 0 Å². The Hall–Kier alpha value is -1.84. The van der Waals surface area contributed by atoms with E-state index in [-0.39, 0.29) is 11.8 Å². The Labute approximate surface area is 136 Å². The summed E-state index contributed by atoms with van der Waals surface area (Å²) in [4.78, 5) is 26.0. The van der Waals surface area contributed by atoms with E-state index in [2.05, 4.69) is 12.1 Å². The topological polar surface area (TPSA) is 57.6 Å². The van der Waals surface area contributed by atoms with Crippen molar-refractivity contribution >= 4 is 11.9 Å². The van der Waals surface area contributed by atoms with Crippen LogP contribution in [0.4, 0.5) is 0 Å². The largest absolute Gasteiger partial charge is 0.480 e. The Bertz CT molecular complexity index is 614. The molecule has 3 fully saturated rings. The van der Waals surface area contributed by atoms with Crippen LogP contribution in [0.3, 0.4) is 0 Å². The molecule has 1 saturated heterocycles. The summed E-state index contributed by atoms with van der Waals surface area (Å²) in [6, 6.07) is 9.74. The van der Waals surface area contributed by atoms with Crippen molar-refractivity contribution in [2.45, 2.75) is 44.1 Å². The normalized spacial score (nSPS) is 35.1. The van der Waals surface area contributed by atoms with Crippen LogP contribution in [0.2, 0.25) is 0 Å². The first-order chi connectivity index (χ1) is 11.1. The van der Waals surface area contributed by atoms with E-state index in [0.717, 1.165) is 25.7 Å². The monoisotopic (exact) mass is 313 g/mol. The van der Waals surface area contributed by atoms with Crippen LogP contribution >= 0.6 is 0 Å². The first kappa shape index (κ1) is 14.7. The number of carboxylic acids is 1. The smallest absolute Gasteiger partial charge is 0.326 e. The molecule has 0 aromatic heterocycles. The van der Waals surface area contributed by atoms with E-state index < -0.39 is 12.0 Å². The summed E-state index contributed by atoms with van der Waals surface area (Å²) >= 11 is 0. The molecule has 1 aliphatic heterocycles. The van der Waals surface area contributed by atoms with Gasteiger partial charge < -0.3 is 10.0 Å². The van der Waals surface area contributed by atoms with E-state index in [4.69, 9.17) is 0 Å². The molecule has 5 atom stereocenters. The second kappa shape index (κ2) is 5.66. The van der Waals surface area contributed by atoms with E-state index in [1.807, 2.05) is 18.2 Å². The number of hydrogen-bond donors (Lipinski definition) is 1. The molecule has 0 spiro atoms. The maximum atomic E-state index is 12.7. The molecule has 1 heterocycles. The molecule has 0 radical (unpaired) electrons. The quantitative estimate of drug-likeness (QED) is 0.930. The van der Waals surface area contributed by atoms with Gasteiger partial charge in [-0.1, -0.05) is 36.8 Å². The maximum absolute atomic E-state index is 12.7. The van der Waals surface area contributed by atoms with Crippen molar-refractivity contribution in [3.63, 3.8) is 0 Å². The molecule has 2 saturated carbocycles. The highest BCUT2D eigenvalue weighted by Crippen LogP contribution is 2.50. The number of carbonyl (C=O) groups excluding carboxylic acids is 1. The number of likely N-dealkylation sites (tertiary alicyclic amines) is 1. The molecule has 122 valence electrons. The average Bonchev–Trinajstić information content (AvgIpc) is 2.99. The lowest BCUT2D eigenvalue weighted by atomic mass is 9.94. The lowest BCUT2D eigenvalue weighted by Gasteiger charge is -2.24. The summed E-state index contributed by atoms with van der Waals surface area (Å²) in [5.41, 5.74) is 1.30. The van der Waals surface area contributed by atoms with Crippen molar-refractivity contribution in [3.05, 3.63) is 35.9 Å². The summed E-state index contributed by atoms with van der Waals surface area (Å²) in [5, 5.41) is 9.57. The zero-order valence-corrected chi connectivity index (χ0v) is 13.2. The van der Waals surface area contributed by atoms with Crippen LogP contribution < -0.4 is 0 Å². The van der Waals surface area contributed by atoms with Crippen molar-refractivity contribution < 1.29 is 14.7 Å². The zero-order valence-electron chi connectivity index (χ0n) is 13.2. The zero-order chi connectivity index (χ0) is 16.0. The molecule has 1 aromatic rings. The van der Waals surface area contributed by atoms with Gasteiger partial charge in [-0.05, 0) is 48.5 Å². The lowest BCUT2D eigenvalue weighted by Crippen LogP contribution is -2.43. The Morgan fingerprint density at radius 2 is 1.96 bits per heavy atom. The van der Waals surface area contributed by atoms with E-state index in [1.54, 1.807) is 4.90 Å². The fourth-order valence-corrected chi connectivity index (χ4v) is 4.80. The molecular weight excluding hydrogens is 290 g/mol. The van der Waals surface area contributed by atoms with Crippen molar-refractivity contribution in [3.8, 4) is 0 Å². The van der Waals surface area contributed by atoms with Crippen molar-refractivity contribution in [2.75, 3.05) is 6.54 Å². The number of benzene rings is 1. The molecule has 1 amide bonds. The molecule has 0 bridgehead atoms. The van der Waals surface area contributed by atoms with Crippen LogP contribution in [-0.4, -0.2) is 34.5 Å². The first-order valence-electron chi connectivity index (χ1n) is 8.72. The van der Waals surface area contributed by atoms with Crippen LogP contribution in [-0.2, 0) is 9.59 Å². The standard InChI is InChI=1S/C19H23NO3/c21-17(10-14-9-16(14)12-5-2-1-3-6-12)20-11-13-7-4-8-15(13)18(20)19(22)23/h1-3,5-6,13-16,18H,4,7-11H2,(H,22,23)/t13?,14-,15?,16-,18?/m0/s1. The summed E-state index contributed by atoms with van der Waals surface area (Å²) < 4.78 is 0. The number of carbonyl (C=O) groups is 2. The minimum absolute atomic E-state index is 0.0511. The minimum Gasteiger partial charge on any atom is -0.480 e. The summed E-state index contributed by atoms with van der Waals surface area (Å²) in [6.07, 6.45) is 4.70. The number of nitrogens with zero attached hydrogens (tertiary/aromatic N) is 1. The molecule has 3 aliphatic rings. The number of carboxylic acid groups (broad SMARTS) is 1. The highest BCUT2D eigenvalue weighted by Gasteiger charge is 2.50. The molecule has 4 rings (SSSR count). The van der Waals surface area contributed by atoms with Crippen molar-refractivity contribution in [1.82, 2.24) is 4.90 Å². The average molecular weight is 313 g/mol. The van der Waals surface area contributed by atoms with E-state index >= 15 is 0 Å². The Morgan fingerprint density at radius 1 is 1.17 bits per heavy atom. The third-order valence-electron chi connectivity index (χ3n) is 6.05. The first-order valence-corrected chi connectivity index (χ1v) is 8.72. The van der Waals surface area contributed by atoms with Gasteiger partial charge in [-0.2, -0.15) is 0 Å². The number of aliphatic carboxylic acids is 1. The van der Waals surface area contributed by atoms with Gasteiger partial charge in [0.25, 0.3) is 0 Å². The summed E-state index contributed by atoms with van der Waals surface area (Å²) in [7, 11) is 0. The third-order valence-corrected chi connectivity index (χ3v) is 6.05. The van der Waals surface area contributed by atoms with E-state index in [1.165, 1.54) is 5.56 Å². The van der Waals surface area contributed by atoms with E-state index in [0.29, 0.717) is 30.7 Å². The fraction of sp³-hybridized carbons (Fsp3) is 0.579. The van der Waals surface area contributed by atoms with Gasteiger partial charge in [-0.15, -0.1) is 0 Å². The molecule has 1 aromatic carbocycles. The van der Waals surface area contributed by atoms with Gasteiger partial charge in [-0.3, -0.25) is 4.79 Å². The molecule has 3 unspecified atom stereocenters. The molecule has 2 aliphatic carbocycles. The molecular formula is C19H23NO3. The molecule has 4 nitrogen and oxygen atoms in total. The van der Waals surface area contributed by atoms with E-state index in [9.17, 15) is 14.7 Å². The predicted molar refractivity (Wildman–Crippen MR) is 85.9 cm³/mol. The molecule has 23 heavy (non-hydrogen) atoms. The van der Waals surface area contributed by atoms with Gasteiger partial charge in [-0.25, -0.2) is 4.79 Å². The van der Waals surface area contributed by atoms with Gasteiger partial charge in [0.1, 0.15) is 6.04 Å². The number of rotatable bonds is 4. The number of hydrogen-bond acceptors (Lipinski definition) is 2. The second-order valence-electron chi connectivity index (χ2n) is 7.40. The Balaban J connectivity index is 1.41. The predicted octanol–water partition coefficient (Wildman–Crippen LogP) is 2.89. The Morgan fingerprint density at radius 3 is 2.70 bits per heavy atom. The lowest BCUT2D eigenvalue weighted by molar-refractivity contribution is -0.149. The number of fused-ring (bicyclic) bond motifs is 1. The molecule has 1 N–H and O–H groups in total. The molecule has 4 heteroatoms. The van der Waals surface area contributed by atoms with Gasteiger partial charge in [0.05, 0.1) is 0 Å². The van der Waals surface area contributed by atoms with Gasteiger partial charge in [0, 0.05) is 13.0 Å². The summed E-state index contributed by atoms with van der Waals surface area (Å²) in [5.74, 6) is 0.688. The van der Waals surface area contributed by atoms with Gasteiger partial charge >= 0.3 is 5.97 Å². The third kappa shape index (κ3) is 2.64. The SMILES string of the molecule is O=C(O)C1C2CCCC2CN1C(=O)C[C@@H]1C[C@H]1c1ccccc1. The van der Waals surface area contributed by atoms with Gasteiger partial charge in [0.2, 0.25) is 5.91 Å². The fourth-order valence-electron chi connectivity index (χ4n) is 4.80. The highest BCUT2D eigenvalue weighted by atomic mass is 16.4. The van der Waals surface area contributed by atoms with Crippen LogP contribution in [0.15, 0.2) is 30.3 Å². The van der Waals surface area contributed by atoms with Crippen molar-refractivity contribution in [2.24, 2.45) is 17.8 Å². The van der Waals surface area contributed by atoms with Crippen molar-refractivity contribution in [1.29, 1.82) is 0 Å². The highest BCUT2D eigenvalue weighted by molar-refractivity contribution is 5.85.